The Kier molecular flexibility index (Phi) is 4.41. The van der Waals surface area contributed by atoms with Crippen molar-refractivity contribution in [2.24, 2.45) is 0 Å². The van der Waals surface area contributed by atoms with Gasteiger partial charge in [0.1, 0.15) is 6.54 Å². The van der Waals surface area contributed by atoms with Crippen LogP contribution < -0.4 is 5.56 Å². The summed E-state index contributed by atoms with van der Waals surface area (Å²) in [6, 6.07) is 16.0. The van der Waals surface area contributed by atoms with Gasteiger partial charge in [-0.2, -0.15) is 0 Å². The van der Waals surface area contributed by atoms with Crippen molar-refractivity contribution in [3.8, 4) is 11.3 Å². The number of aromatic nitrogens is 3. The van der Waals surface area contributed by atoms with Crippen molar-refractivity contribution < 1.29 is 9.53 Å². The molecule has 0 aliphatic carbocycles. The van der Waals surface area contributed by atoms with Gasteiger partial charge in [-0.25, -0.2) is 9.38 Å². The molecule has 136 valence electrons. The number of esters is 1. The van der Waals surface area contributed by atoms with E-state index in [0.717, 1.165) is 11.1 Å². The quantitative estimate of drug-likeness (QED) is 0.507. The predicted octanol–water partition coefficient (Wildman–Crippen LogP) is 3.53. The predicted molar refractivity (Wildman–Crippen MR) is 104 cm³/mol. The molecule has 4 aromatic rings. The average Bonchev–Trinajstić information content (AvgIpc) is 2.96. The van der Waals surface area contributed by atoms with Crippen LogP contribution in [0.5, 0.6) is 0 Å². The van der Waals surface area contributed by atoms with Crippen LogP contribution in [-0.2, 0) is 16.1 Å². The first-order valence-electron chi connectivity index (χ1n) is 8.51. The molecule has 2 heterocycles. The molecule has 0 N–H and O–H groups in total. The molecule has 0 unspecified atom stereocenters. The number of carbonyl (C=O) groups is 1. The maximum Gasteiger partial charge on any atom is 0.326 e. The zero-order valence-electron chi connectivity index (χ0n) is 14.6. The van der Waals surface area contributed by atoms with E-state index in [1.54, 1.807) is 29.7 Å². The van der Waals surface area contributed by atoms with Crippen LogP contribution >= 0.6 is 11.6 Å². The molecule has 0 radical (unpaired) electrons. The lowest BCUT2D eigenvalue weighted by Crippen LogP contribution is -2.17. The summed E-state index contributed by atoms with van der Waals surface area (Å²) in [7, 11) is 0. The van der Waals surface area contributed by atoms with Gasteiger partial charge in [0.25, 0.3) is 5.56 Å². The van der Waals surface area contributed by atoms with Gasteiger partial charge in [-0.15, -0.1) is 0 Å². The van der Waals surface area contributed by atoms with Crippen LogP contribution in [0.3, 0.4) is 0 Å². The van der Waals surface area contributed by atoms with E-state index in [0.29, 0.717) is 22.0 Å². The van der Waals surface area contributed by atoms with Crippen molar-refractivity contribution in [1.29, 1.82) is 0 Å². The molecule has 0 saturated heterocycles. The molecule has 2 aromatic carbocycles. The monoisotopic (exact) mass is 381 g/mol. The molecule has 27 heavy (non-hydrogen) atoms. The molecule has 0 amide bonds. The number of carbonyl (C=O) groups excluding carboxylic acids is 1. The van der Waals surface area contributed by atoms with Crippen molar-refractivity contribution in [2.75, 3.05) is 6.61 Å². The highest BCUT2D eigenvalue weighted by Gasteiger charge is 2.17. The average molecular weight is 382 g/mol. The highest BCUT2D eigenvalue weighted by Crippen LogP contribution is 2.23. The minimum Gasteiger partial charge on any atom is -0.465 e. The number of rotatable bonds is 4. The van der Waals surface area contributed by atoms with Gasteiger partial charge in [0, 0.05) is 16.7 Å². The molecule has 0 bridgehead atoms. The largest absolute Gasteiger partial charge is 0.465 e. The molecule has 2 aromatic heterocycles. The van der Waals surface area contributed by atoms with Crippen molar-refractivity contribution in [1.82, 2.24) is 14.0 Å². The van der Waals surface area contributed by atoms with Gasteiger partial charge in [-0.3, -0.25) is 14.2 Å². The molecule has 0 aliphatic heterocycles. The number of hydrogen-bond donors (Lipinski definition) is 0. The fourth-order valence-corrected chi connectivity index (χ4v) is 3.34. The Bertz CT molecular complexity index is 1230. The maximum absolute atomic E-state index is 12.9. The fourth-order valence-electron chi connectivity index (χ4n) is 3.15. The molecule has 0 fully saturated rings. The standard InChI is InChI=1S/C20H16ClN3O3/c1-2-27-19(26)12-23-16-8-3-4-9-17(16)24-18(25)11-15(22-20(23)24)13-6-5-7-14(21)10-13/h3-11H,2,12H2,1H3. The van der Waals surface area contributed by atoms with Gasteiger partial charge in [0.05, 0.1) is 23.3 Å². The number of para-hydroxylation sites is 2. The minimum atomic E-state index is -0.386. The van der Waals surface area contributed by atoms with E-state index in [1.807, 2.05) is 30.3 Å². The summed E-state index contributed by atoms with van der Waals surface area (Å²) >= 11 is 6.07. The summed E-state index contributed by atoms with van der Waals surface area (Å²) in [6.07, 6.45) is 0. The summed E-state index contributed by atoms with van der Waals surface area (Å²) in [4.78, 5) is 29.6. The zero-order valence-corrected chi connectivity index (χ0v) is 15.3. The molecule has 4 rings (SSSR count). The van der Waals surface area contributed by atoms with Gasteiger partial charge >= 0.3 is 5.97 Å². The van der Waals surface area contributed by atoms with Gasteiger partial charge in [0.2, 0.25) is 5.78 Å². The summed E-state index contributed by atoms with van der Waals surface area (Å²) in [5.41, 5.74) is 2.42. The Morgan fingerprint density at radius 3 is 2.63 bits per heavy atom. The van der Waals surface area contributed by atoms with Crippen molar-refractivity contribution in [3.63, 3.8) is 0 Å². The van der Waals surface area contributed by atoms with Crippen LogP contribution in [0.2, 0.25) is 5.02 Å². The van der Waals surface area contributed by atoms with Gasteiger partial charge in [-0.1, -0.05) is 35.9 Å². The molecule has 7 heteroatoms. The Morgan fingerprint density at radius 2 is 1.89 bits per heavy atom. The topological polar surface area (TPSA) is 65.6 Å². The Balaban J connectivity index is 2.01. The molecule has 0 spiro atoms. The van der Waals surface area contributed by atoms with Crippen molar-refractivity contribution in [2.45, 2.75) is 13.5 Å². The first-order chi connectivity index (χ1) is 13.1. The number of halogens is 1. The first kappa shape index (κ1) is 17.3. The van der Waals surface area contributed by atoms with Crippen LogP contribution in [0.15, 0.2) is 59.4 Å². The molecular formula is C20H16ClN3O3. The Morgan fingerprint density at radius 1 is 1.11 bits per heavy atom. The van der Waals surface area contributed by atoms with E-state index in [1.165, 1.54) is 10.5 Å². The molecule has 0 saturated carbocycles. The van der Waals surface area contributed by atoms with E-state index < -0.39 is 0 Å². The molecule has 6 nitrogen and oxygen atoms in total. The normalized spacial score (nSPS) is 11.2. The number of fused-ring (bicyclic) bond motifs is 3. The summed E-state index contributed by atoms with van der Waals surface area (Å²) in [6.45, 7) is 2.01. The Hall–Kier alpha value is -3.12. The van der Waals surface area contributed by atoms with E-state index in [-0.39, 0.29) is 24.7 Å². The molecule has 0 atom stereocenters. The lowest BCUT2D eigenvalue weighted by Gasteiger charge is -2.07. The summed E-state index contributed by atoms with van der Waals surface area (Å²) in [5.74, 6) is -0.00473. The number of ether oxygens (including phenoxy) is 1. The van der Waals surface area contributed by atoms with E-state index in [9.17, 15) is 9.59 Å². The number of nitrogens with zero attached hydrogens (tertiary/aromatic N) is 3. The van der Waals surface area contributed by atoms with Gasteiger partial charge < -0.3 is 4.74 Å². The number of benzene rings is 2. The fraction of sp³-hybridized carbons (Fsp3) is 0.150. The number of imidazole rings is 1. The second-order valence-corrected chi connectivity index (χ2v) is 6.44. The van der Waals surface area contributed by atoms with E-state index in [2.05, 4.69) is 4.98 Å². The van der Waals surface area contributed by atoms with Crippen LogP contribution in [0.1, 0.15) is 6.92 Å². The third-order valence-electron chi connectivity index (χ3n) is 4.27. The summed E-state index contributed by atoms with van der Waals surface area (Å²) < 4.78 is 8.28. The smallest absolute Gasteiger partial charge is 0.326 e. The highest BCUT2D eigenvalue weighted by molar-refractivity contribution is 6.30. The first-order valence-corrected chi connectivity index (χ1v) is 8.89. The SMILES string of the molecule is CCOC(=O)Cn1c2ccccc2n2c(=O)cc(-c3cccc(Cl)c3)nc12. The third-order valence-corrected chi connectivity index (χ3v) is 4.50. The summed E-state index contributed by atoms with van der Waals surface area (Å²) in [5, 5.41) is 0.557. The zero-order chi connectivity index (χ0) is 19.0. The highest BCUT2D eigenvalue weighted by atomic mass is 35.5. The molecular weight excluding hydrogens is 366 g/mol. The number of hydrogen-bond acceptors (Lipinski definition) is 4. The van der Waals surface area contributed by atoms with E-state index >= 15 is 0 Å². The van der Waals surface area contributed by atoms with Crippen molar-refractivity contribution >= 4 is 34.4 Å². The van der Waals surface area contributed by atoms with Crippen LogP contribution in [0, 0.1) is 0 Å². The second kappa shape index (κ2) is 6.89. The van der Waals surface area contributed by atoms with Crippen molar-refractivity contribution in [3.05, 3.63) is 70.0 Å². The maximum atomic E-state index is 12.9. The molecule has 0 aliphatic rings. The minimum absolute atomic E-state index is 0.0315. The van der Waals surface area contributed by atoms with Crippen LogP contribution in [0.4, 0.5) is 0 Å². The second-order valence-electron chi connectivity index (χ2n) is 6.01. The van der Waals surface area contributed by atoms with Gasteiger partial charge in [-0.05, 0) is 31.2 Å². The lowest BCUT2D eigenvalue weighted by molar-refractivity contribution is -0.143. The van der Waals surface area contributed by atoms with Gasteiger partial charge in [0.15, 0.2) is 0 Å². The van der Waals surface area contributed by atoms with Crippen LogP contribution in [0.25, 0.3) is 28.1 Å². The lowest BCUT2D eigenvalue weighted by atomic mass is 10.1. The van der Waals surface area contributed by atoms with E-state index in [4.69, 9.17) is 16.3 Å². The van der Waals surface area contributed by atoms with Crippen LogP contribution in [-0.4, -0.2) is 26.5 Å². The third kappa shape index (κ3) is 3.08. The Labute approximate surface area is 159 Å².